The van der Waals surface area contributed by atoms with E-state index in [9.17, 15) is 4.79 Å². The molecule has 21 heavy (non-hydrogen) atoms. The van der Waals surface area contributed by atoms with Crippen LogP contribution in [0.1, 0.15) is 57.6 Å². The van der Waals surface area contributed by atoms with Gasteiger partial charge in [0.05, 0.1) is 6.61 Å². The number of carbonyl (C=O) groups is 1. The first kappa shape index (κ1) is 17.3. The lowest BCUT2D eigenvalue weighted by atomic mass is 9.94. The standard InChI is InChI=1S/C18H26O3/c1-6-20-17(19)11-8-12-21-18-15(13(2)3)9-7-10-16(18)14(4)5/h7-11,13-14H,6,12H2,1-5H3/b11-8+. The van der Waals surface area contributed by atoms with Gasteiger partial charge in [-0.3, -0.25) is 0 Å². The minimum atomic E-state index is -0.331. The summed E-state index contributed by atoms with van der Waals surface area (Å²) in [7, 11) is 0. The van der Waals surface area contributed by atoms with Gasteiger partial charge in [-0.2, -0.15) is 0 Å². The van der Waals surface area contributed by atoms with Crippen molar-refractivity contribution >= 4 is 5.97 Å². The zero-order valence-corrected chi connectivity index (χ0v) is 13.7. The molecule has 0 aliphatic carbocycles. The Balaban J connectivity index is 2.83. The van der Waals surface area contributed by atoms with E-state index in [0.29, 0.717) is 25.0 Å². The quantitative estimate of drug-likeness (QED) is 0.550. The first-order valence-electron chi connectivity index (χ1n) is 7.56. The molecule has 0 saturated heterocycles. The molecule has 0 atom stereocenters. The van der Waals surface area contributed by atoms with E-state index in [1.807, 2.05) is 0 Å². The topological polar surface area (TPSA) is 35.5 Å². The lowest BCUT2D eigenvalue weighted by Crippen LogP contribution is -2.05. The second-order valence-electron chi connectivity index (χ2n) is 5.54. The molecule has 0 N–H and O–H groups in total. The van der Waals surface area contributed by atoms with Crippen LogP contribution in [0, 0.1) is 0 Å². The Hall–Kier alpha value is -1.77. The molecule has 1 aromatic rings. The summed E-state index contributed by atoms with van der Waals surface area (Å²) >= 11 is 0. The van der Waals surface area contributed by atoms with E-state index in [0.717, 1.165) is 5.75 Å². The molecule has 3 heteroatoms. The molecule has 0 spiro atoms. The van der Waals surface area contributed by atoms with Crippen molar-refractivity contribution in [2.24, 2.45) is 0 Å². The van der Waals surface area contributed by atoms with E-state index in [1.54, 1.807) is 13.0 Å². The SMILES string of the molecule is CCOC(=O)/C=C/COc1c(C(C)C)cccc1C(C)C. The molecule has 0 heterocycles. The Morgan fingerprint density at radius 3 is 2.19 bits per heavy atom. The van der Waals surface area contributed by atoms with Crippen molar-refractivity contribution in [3.8, 4) is 5.75 Å². The Kier molecular flexibility index (Phi) is 7.00. The van der Waals surface area contributed by atoms with E-state index in [1.165, 1.54) is 17.2 Å². The fourth-order valence-electron chi connectivity index (χ4n) is 2.12. The third kappa shape index (κ3) is 5.25. The smallest absolute Gasteiger partial charge is 0.330 e. The van der Waals surface area contributed by atoms with Gasteiger partial charge in [0, 0.05) is 6.08 Å². The zero-order chi connectivity index (χ0) is 15.8. The third-order valence-corrected chi connectivity index (χ3v) is 3.18. The van der Waals surface area contributed by atoms with Crippen LogP contribution in [-0.4, -0.2) is 19.2 Å². The van der Waals surface area contributed by atoms with Crippen molar-refractivity contribution in [1.82, 2.24) is 0 Å². The van der Waals surface area contributed by atoms with Crippen LogP contribution in [0.4, 0.5) is 0 Å². The average molecular weight is 290 g/mol. The van der Waals surface area contributed by atoms with E-state index in [4.69, 9.17) is 9.47 Å². The number of esters is 1. The maximum Gasteiger partial charge on any atom is 0.330 e. The van der Waals surface area contributed by atoms with E-state index in [2.05, 4.69) is 45.9 Å². The van der Waals surface area contributed by atoms with Crippen molar-refractivity contribution in [3.63, 3.8) is 0 Å². The molecule has 3 nitrogen and oxygen atoms in total. The second kappa shape index (κ2) is 8.50. The summed E-state index contributed by atoms with van der Waals surface area (Å²) in [6.45, 7) is 11.2. The van der Waals surface area contributed by atoms with Crippen molar-refractivity contribution < 1.29 is 14.3 Å². The lowest BCUT2D eigenvalue weighted by molar-refractivity contribution is -0.137. The number of hydrogen-bond acceptors (Lipinski definition) is 3. The van der Waals surface area contributed by atoms with Crippen molar-refractivity contribution in [1.29, 1.82) is 0 Å². The van der Waals surface area contributed by atoms with Crippen LogP contribution in [0.25, 0.3) is 0 Å². The minimum Gasteiger partial charge on any atom is -0.489 e. The molecular weight excluding hydrogens is 264 g/mol. The third-order valence-electron chi connectivity index (χ3n) is 3.18. The zero-order valence-electron chi connectivity index (χ0n) is 13.7. The van der Waals surface area contributed by atoms with Crippen LogP contribution in [0.2, 0.25) is 0 Å². The summed E-state index contributed by atoms with van der Waals surface area (Å²) in [5.41, 5.74) is 2.40. The molecule has 116 valence electrons. The molecule has 0 aromatic heterocycles. The molecular formula is C18H26O3. The van der Waals surface area contributed by atoms with Gasteiger partial charge >= 0.3 is 5.97 Å². The second-order valence-corrected chi connectivity index (χ2v) is 5.54. The molecule has 0 radical (unpaired) electrons. The summed E-state index contributed by atoms with van der Waals surface area (Å²) in [6.07, 6.45) is 3.11. The molecule has 0 bridgehead atoms. The van der Waals surface area contributed by atoms with Gasteiger partial charge in [-0.15, -0.1) is 0 Å². The summed E-state index contributed by atoms with van der Waals surface area (Å²) in [6, 6.07) is 6.27. The predicted octanol–water partition coefficient (Wildman–Crippen LogP) is 4.43. The highest BCUT2D eigenvalue weighted by Gasteiger charge is 2.14. The Morgan fingerprint density at radius 2 is 1.71 bits per heavy atom. The van der Waals surface area contributed by atoms with Gasteiger partial charge in [0.1, 0.15) is 12.4 Å². The minimum absolute atomic E-state index is 0.331. The van der Waals surface area contributed by atoms with Crippen LogP contribution in [0.15, 0.2) is 30.4 Å². The normalized spacial score (nSPS) is 11.4. The van der Waals surface area contributed by atoms with Gasteiger partial charge in [0.15, 0.2) is 0 Å². The van der Waals surface area contributed by atoms with Crippen molar-refractivity contribution in [3.05, 3.63) is 41.5 Å². The monoisotopic (exact) mass is 290 g/mol. The molecule has 0 fully saturated rings. The number of ether oxygens (including phenoxy) is 2. The lowest BCUT2D eigenvalue weighted by Gasteiger charge is -2.19. The Labute approximate surface area is 128 Å². The number of hydrogen-bond donors (Lipinski definition) is 0. The molecule has 0 amide bonds. The fourth-order valence-corrected chi connectivity index (χ4v) is 2.12. The van der Waals surface area contributed by atoms with Crippen LogP contribution in [-0.2, 0) is 9.53 Å². The summed E-state index contributed by atoms with van der Waals surface area (Å²) in [5, 5.41) is 0. The first-order chi connectivity index (χ1) is 9.97. The fraction of sp³-hybridized carbons (Fsp3) is 0.500. The number of para-hydroxylation sites is 1. The summed E-state index contributed by atoms with van der Waals surface area (Å²) in [4.78, 5) is 11.2. The van der Waals surface area contributed by atoms with Crippen LogP contribution < -0.4 is 4.74 Å². The number of rotatable bonds is 7. The van der Waals surface area contributed by atoms with Gasteiger partial charge < -0.3 is 9.47 Å². The highest BCUT2D eigenvalue weighted by Crippen LogP contribution is 2.34. The molecule has 0 unspecified atom stereocenters. The molecule has 0 saturated carbocycles. The van der Waals surface area contributed by atoms with Gasteiger partial charge in [-0.1, -0.05) is 45.9 Å². The van der Waals surface area contributed by atoms with Gasteiger partial charge in [0.2, 0.25) is 0 Å². The number of carbonyl (C=O) groups excluding carboxylic acids is 1. The summed E-state index contributed by atoms with van der Waals surface area (Å²) < 4.78 is 10.8. The largest absolute Gasteiger partial charge is 0.489 e. The molecule has 0 aliphatic heterocycles. The summed E-state index contributed by atoms with van der Waals surface area (Å²) in [5.74, 6) is 1.40. The van der Waals surface area contributed by atoms with Crippen LogP contribution in [0.3, 0.4) is 0 Å². The van der Waals surface area contributed by atoms with Gasteiger partial charge in [-0.25, -0.2) is 4.79 Å². The average Bonchev–Trinajstić information content (AvgIpc) is 2.43. The highest BCUT2D eigenvalue weighted by molar-refractivity contribution is 5.81. The predicted molar refractivity (Wildman–Crippen MR) is 85.9 cm³/mol. The first-order valence-corrected chi connectivity index (χ1v) is 7.56. The Morgan fingerprint density at radius 1 is 1.14 bits per heavy atom. The van der Waals surface area contributed by atoms with Crippen molar-refractivity contribution in [2.45, 2.75) is 46.5 Å². The van der Waals surface area contributed by atoms with Gasteiger partial charge in [0.25, 0.3) is 0 Å². The van der Waals surface area contributed by atoms with Crippen LogP contribution >= 0.6 is 0 Å². The maximum absolute atomic E-state index is 11.2. The number of benzene rings is 1. The van der Waals surface area contributed by atoms with E-state index in [-0.39, 0.29) is 5.97 Å². The van der Waals surface area contributed by atoms with E-state index < -0.39 is 0 Å². The molecule has 0 aliphatic rings. The maximum atomic E-state index is 11.2. The van der Waals surface area contributed by atoms with Gasteiger partial charge in [-0.05, 0) is 36.0 Å². The van der Waals surface area contributed by atoms with E-state index >= 15 is 0 Å². The Bertz CT molecular complexity index is 461. The molecule has 1 aromatic carbocycles. The highest BCUT2D eigenvalue weighted by atomic mass is 16.5. The van der Waals surface area contributed by atoms with Crippen LogP contribution in [0.5, 0.6) is 5.75 Å². The molecule has 1 rings (SSSR count). The van der Waals surface area contributed by atoms with Crippen molar-refractivity contribution in [2.75, 3.05) is 13.2 Å².